The zero-order chi connectivity index (χ0) is 18.3. The van der Waals surface area contributed by atoms with Gasteiger partial charge in [-0.25, -0.2) is 8.42 Å². The number of rotatable bonds is 9. The molecule has 1 aromatic rings. The van der Waals surface area contributed by atoms with Crippen LogP contribution >= 0.6 is 0 Å². The van der Waals surface area contributed by atoms with Crippen LogP contribution in [0, 0.1) is 0 Å². The average Bonchev–Trinajstić information content (AvgIpc) is 2.95. The summed E-state index contributed by atoms with van der Waals surface area (Å²) < 4.78 is 29.2. The first-order chi connectivity index (χ1) is 12.0. The Labute approximate surface area is 151 Å². The van der Waals surface area contributed by atoms with E-state index in [0.29, 0.717) is 25.1 Å². The number of benzene rings is 1. The van der Waals surface area contributed by atoms with Crippen LogP contribution in [-0.4, -0.2) is 49.9 Å². The number of unbranched alkanes of at least 4 members (excludes halogenated alkanes) is 2. The van der Waals surface area contributed by atoms with Gasteiger partial charge in [-0.1, -0.05) is 26.7 Å². The van der Waals surface area contributed by atoms with E-state index in [9.17, 15) is 13.2 Å². The average molecular weight is 368 g/mol. The van der Waals surface area contributed by atoms with Crippen LogP contribution in [0.3, 0.4) is 0 Å². The molecule has 2 rings (SSSR count). The minimum absolute atomic E-state index is 0.0840. The molecule has 0 saturated carbocycles. The van der Waals surface area contributed by atoms with Crippen LogP contribution in [0.15, 0.2) is 24.3 Å². The van der Waals surface area contributed by atoms with Crippen molar-refractivity contribution in [3.05, 3.63) is 29.8 Å². The minimum atomic E-state index is -3.01. The molecule has 6 heteroatoms. The first-order valence-electron chi connectivity index (χ1n) is 9.21. The van der Waals surface area contributed by atoms with Crippen molar-refractivity contribution in [3.8, 4) is 5.75 Å². The molecule has 0 radical (unpaired) electrons. The van der Waals surface area contributed by atoms with E-state index in [0.717, 1.165) is 31.4 Å². The van der Waals surface area contributed by atoms with Gasteiger partial charge in [-0.2, -0.15) is 0 Å². The standard InChI is InChI=1S/C19H29NO4S/c1-3-5-12-20(17-11-14-25(22,23)15-17)19(21)16-7-9-18(10-8-16)24-13-6-4-2/h7-10,17H,3-6,11-15H2,1-2H3. The zero-order valence-electron chi connectivity index (χ0n) is 15.2. The van der Waals surface area contributed by atoms with Gasteiger partial charge in [-0.05, 0) is 43.5 Å². The van der Waals surface area contributed by atoms with Crippen LogP contribution < -0.4 is 4.74 Å². The summed E-state index contributed by atoms with van der Waals surface area (Å²) in [7, 11) is -3.01. The molecule has 25 heavy (non-hydrogen) atoms. The van der Waals surface area contributed by atoms with E-state index in [2.05, 4.69) is 13.8 Å². The van der Waals surface area contributed by atoms with E-state index in [1.165, 1.54) is 0 Å². The monoisotopic (exact) mass is 367 g/mol. The lowest BCUT2D eigenvalue weighted by molar-refractivity contribution is 0.0694. The lowest BCUT2D eigenvalue weighted by atomic mass is 10.1. The third kappa shape index (κ3) is 5.73. The van der Waals surface area contributed by atoms with Crippen LogP contribution in [0.4, 0.5) is 0 Å². The van der Waals surface area contributed by atoms with Crippen molar-refractivity contribution in [2.24, 2.45) is 0 Å². The molecule has 1 unspecified atom stereocenters. The summed E-state index contributed by atoms with van der Waals surface area (Å²) in [4.78, 5) is 14.7. The molecule has 1 fully saturated rings. The highest BCUT2D eigenvalue weighted by Crippen LogP contribution is 2.22. The molecule has 1 aromatic carbocycles. The molecule has 140 valence electrons. The van der Waals surface area contributed by atoms with Gasteiger partial charge in [0, 0.05) is 18.2 Å². The predicted octanol–water partition coefficient (Wildman–Crippen LogP) is 3.29. The molecule has 5 nitrogen and oxygen atoms in total. The maximum atomic E-state index is 12.9. The van der Waals surface area contributed by atoms with Crippen molar-refractivity contribution in [3.63, 3.8) is 0 Å². The van der Waals surface area contributed by atoms with Crippen LogP contribution in [0.2, 0.25) is 0 Å². The van der Waals surface area contributed by atoms with Gasteiger partial charge >= 0.3 is 0 Å². The Morgan fingerprint density at radius 2 is 1.84 bits per heavy atom. The van der Waals surface area contributed by atoms with Gasteiger partial charge in [0.25, 0.3) is 5.91 Å². The topological polar surface area (TPSA) is 63.7 Å². The van der Waals surface area contributed by atoms with E-state index in [4.69, 9.17) is 4.74 Å². The molecule has 0 spiro atoms. The Hall–Kier alpha value is -1.56. The molecule has 0 aliphatic carbocycles. The molecular weight excluding hydrogens is 338 g/mol. The second-order valence-corrected chi connectivity index (χ2v) is 8.86. The number of sulfone groups is 1. The van der Waals surface area contributed by atoms with Crippen molar-refractivity contribution in [2.75, 3.05) is 24.7 Å². The number of ether oxygens (including phenoxy) is 1. The molecular formula is C19H29NO4S. The highest BCUT2D eigenvalue weighted by Gasteiger charge is 2.34. The number of amides is 1. The third-order valence-corrected chi connectivity index (χ3v) is 6.28. The fourth-order valence-electron chi connectivity index (χ4n) is 2.99. The summed E-state index contributed by atoms with van der Waals surface area (Å²) in [5.74, 6) is 0.933. The van der Waals surface area contributed by atoms with Crippen LogP contribution in [0.25, 0.3) is 0 Å². The fourth-order valence-corrected chi connectivity index (χ4v) is 4.72. The molecule has 1 amide bonds. The van der Waals surface area contributed by atoms with Gasteiger partial charge in [-0.3, -0.25) is 4.79 Å². The smallest absolute Gasteiger partial charge is 0.254 e. The van der Waals surface area contributed by atoms with Gasteiger partial charge in [0.2, 0.25) is 0 Å². The quantitative estimate of drug-likeness (QED) is 0.628. The van der Waals surface area contributed by atoms with Crippen molar-refractivity contribution >= 4 is 15.7 Å². The van der Waals surface area contributed by atoms with Crippen molar-refractivity contribution in [1.29, 1.82) is 0 Å². The van der Waals surface area contributed by atoms with Gasteiger partial charge < -0.3 is 9.64 Å². The van der Waals surface area contributed by atoms with Gasteiger partial charge in [0.05, 0.1) is 18.1 Å². The Morgan fingerprint density at radius 1 is 1.16 bits per heavy atom. The molecule has 1 saturated heterocycles. The summed E-state index contributed by atoms with van der Waals surface area (Å²) in [5.41, 5.74) is 0.586. The molecule has 1 heterocycles. The van der Waals surface area contributed by atoms with Gasteiger partial charge in [0.15, 0.2) is 9.84 Å². The second-order valence-electron chi connectivity index (χ2n) is 6.64. The van der Waals surface area contributed by atoms with Crippen LogP contribution in [-0.2, 0) is 9.84 Å². The molecule has 0 N–H and O–H groups in total. The minimum Gasteiger partial charge on any atom is -0.494 e. The normalized spacial score (nSPS) is 18.9. The summed E-state index contributed by atoms with van der Waals surface area (Å²) in [5, 5.41) is 0. The first-order valence-corrected chi connectivity index (χ1v) is 11.0. The lowest BCUT2D eigenvalue weighted by Crippen LogP contribution is -2.41. The summed E-state index contributed by atoms with van der Waals surface area (Å²) in [6, 6.07) is 6.96. The first kappa shape index (κ1) is 19.8. The number of carbonyl (C=O) groups excluding carboxylic acids is 1. The molecule has 1 aliphatic rings. The maximum absolute atomic E-state index is 12.9. The summed E-state index contributed by atoms with van der Waals surface area (Å²) >= 11 is 0. The Kier molecular flexibility index (Phi) is 7.29. The Balaban J connectivity index is 2.07. The van der Waals surface area contributed by atoms with E-state index < -0.39 is 9.84 Å². The third-order valence-electron chi connectivity index (χ3n) is 4.53. The summed E-state index contributed by atoms with van der Waals surface area (Å²) in [6.07, 6.45) is 4.46. The zero-order valence-corrected chi connectivity index (χ0v) is 16.1. The highest BCUT2D eigenvalue weighted by atomic mass is 32.2. The molecule has 1 aliphatic heterocycles. The van der Waals surface area contributed by atoms with Crippen LogP contribution in [0.5, 0.6) is 5.75 Å². The SMILES string of the molecule is CCCCOc1ccc(C(=O)N(CCCC)C2CCS(=O)(=O)C2)cc1. The largest absolute Gasteiger partial charge is 0.494 e. The van der Waals surface area contributed by atoms with Gasteiger partial charge in [-0.15, -0.1) is 0 Å². The molecule has 0 bridgehead atoms. The van der Waals surface area contributed by atoms with Gasteiger partial charge in [0.1, 0.15) is 5.75 Å². The van der Waals surface area contributed by atoms with E-state index >= 15 is 0 Å². The number of nitrogens with zero attached hydrogens (tertiary/aromatic N) is 1. The molecule has 0 aromatic heterocycles. The second kappa shape index (κ2) is 9.22. The number of hydrogen-bond donors (Lipinski definition) is 0. The lowest BCUT2D eigenvalue weighted by Gasteiger charge is -2.28. The van der Waals surface area contributed by atoms with Crippen molar-refractivity contribution < 1.29 is 17.9 Å². The fraction of sp³-hybridized carbons (Fsp3) is 0.632. The van der Waals surface area contributed by atoms with Crippen molar-refractivity contribution in [1.82, 2.24) is 4.90 Å². The summed E-state index contributed by atoms with van der Waals surface area (Å²) in [6.45, 7) is 5.45. The van der Waals surface area contributed by atoms with E-state index in [1.54, 1.807) is 17.0 Å². The van der Waals surface area contributed by atoms with Crippen LogP contribution in [0.1, 0.15) is 56.3 Å². The number of hydrogen-bond acceptors (Lipinski definition) is 4. The molecule has 1 atom stereocenters. The van der Waals surface area contributed by atoms with Crippen molar-refractivity contribution in [2.45, 2.75) is 52.0 Å². The Morgan fingerprint density at radius 3 is 2.40 bits per heavy atom. The number of carbonyl (C=O) groups is 1. The Bertz CT molecular complexity index is 655. The predicted molar refractivity (Wildman–Crippen MR) is 99.8 cm³/mol. The maximum Gasteiger partial charge on any atom is 0.254 e. The van der Waals surface area contributed by atoms with E-state index in [-0.39, 0.29) is 23.5 Å². The van der Waals surface area contributed by atoms with E-state index in [1.807, 2.05) is 12.1 Å². The highest BCUT2D eigenvalue weighted by molar-refractivity contribution is 7.91.